The van der Waals surface area contributed by atoms with Crippen LogP contribution in [0.4, 0.5) is 0 Å². The topological polar surface area (TPSA) is 54.3 Å². The first-order chi connectivity index (χ1) is 12.6. The minimum Gasteiger partial charge on any atom is -0.335 e. The van der Waals surface area contributed by atoms with Gasteiger partial charge in [-0.1, -0.05) is 11.3 Å². The van der Waals surface area contributed by atoms with Crippen LogP contribution in [0.3, 0.4) is 0 Å². The quantitative estimate of drug-likeness (QED) is 0.769. The Morgan fingerprint density at radius 3 is 2.78 bits per heavy atom. The molecule has 8 heteroatoms. The van der Waals surface area contributed by atoms with Crippen molar-refractivity contribution in [1.29, 1.82) is 0 Å². The normalized spacial score (nSPS) is 20.3. The predicted octanol–water partition coefficient (Wildman–Crippen LogP) is 3.26. The van der Waals surface area contributed by atoms with Gasteiger partial charge in [0.15, 0.2) is 0 Å². The monoisotopic (exact) mass is 427 g/mol. The van der Waals surface area contributed by atoms with Gasteiger partial charge in [-0.2, -0.15) is 11.3 Å². The zero-order valence-electron chi connectivity index (χ0n) is 15.5. The Morgan fingerprint density at radius 2 is 2.15 bits per heavy atom. The number of carbonyl (C=O) groups is 1. The van der Waals surface area contributed by atoms with Crippen LogP contribution in [0.2, 0.25) is 0 Å². The molecule has 0 aromatic carbocycles. The Kier molecular flexibility index (Phi) is 6.46. The zero-order valence-corrected chi connectivity index (χ0v) is 17.9. The number of aryl methyl sites for hydroxylation is 1. The van der Waals surface area contributed by atoms with Crippen molar-refractivity contribution in [2.75, 3.05) is 13.1 Å². The Morgan fingerprint density at radius 1 is 1.37 bits per heavy atom. The van der Waals surface area contributed by atoms with Crippen molar-refractivity contribution in [1.82, 2.24) is 14.8 Å². The number of rotatable bonds is 6. The summed E-state index contributed by atoms with van der Waals surface area (Å²) in [7, 11) is 0. The molecule has 1 saturated carbocycles. The summed E-state index contributed by atoms with van der Waals surface area (Å²) in [6.07, 6.45) is 3.84. The molecular formula is C19H26ClN3O2S2. The molecule has 3 heterocycles. The fraction of sp³-hybridized carbons (Fsp3) is 0.579. The molecule has 1 aliphatic heterocycles. The van der Waals surface area contributed by atoms with E-state index in [1.807, 2.05) is 12.3 Å². The van der Waals surface area contributed by atoms with Crippen molar-refractivity contribution in [3.8, 4) is 0 Å². The van der Waals surface area contributed by atoms with Gasteiger partial charge in [-0.3, -0.25) is 9.59 Å². The van der Waals surface area contributed by atoms with Gasteiger partial charge in [-0.05, 0) is 67.1 Å². The highest BCUT2D eigenvalue weighted by atomic mass is 35.5. The van der Waals surface area contributed by atoms with Gasteiger partial charge >= 0.3 is 4.87 Å². The number of halogens is 1. The highest BCUT2D eigenvalue weighted by molar-refractivity contribution is 7.08. The van der Waals surface area contributed by atoms with Crippen molar-refractivity contribution in [3.05, 3.63) is 43.1 Å². The smallest absolute Gasteiger partial charge is 0.307 e. The molecule has 1 N–H and O–H groups in total. The number of hydrogen-bond donors (Lipinski definition) is 1. The average Bonchev–Trinajstić information content (AvgIpc) is 2.98. The van der Waals surface area contributed by atoms with Crippen LogP contribution in [-0.2, 0) is 17.9 Å². The van der Waals surface area contributed by atoms with Gasteiger partial charge in [0.25, 0.3) is 0 Å². The fourth-order valence-corrected chi connectivity index (χ4v) is 5.63. The summed E-state index contributed by atoms with van der Waals surface area (Å²) in [6, 6.07) is 2.47. The molecule has 2 aromatic rings. The maximum absolute atomic E-state index is 13.1. The van der Waals surface area contributed by atoms with Crippen LogP contribution in [-0.4, -0.2) is 34.5 Å². The number of thiazole rings is 1. The number of amides is 1. The van der Waals surface area contributed by atoms with Crippen molar-refractivity contribution in [3.63, 3.8) is 0 Å². The highest BCUT2D eigenvalue weighted by Gasteiger charge is 2.57. The number of nitrogens with zero attached hydrogens (tertiary/aromatic N) is 2. The van der Waals surface area contributed by atoms with Gasteiger partial charge in [-0.15, -0.1) is 12.4 Å². The number of thiophene rings is 1. The minimum absolute atomic E-state index is 0. The van der Waals surface area contributed by atoms with Crippen molar-refractivity contribution >= 4 is 41.0 Å². The lowest BCUT2D eigenvalue weighted by Gasteiger charge is -2.29. The van der Waals surface area contributed by atoms with E-state index in [0.29, 0.717) is 31.0 Å². The van der Waals surface area contributed by atoms with E-state index in [9.17, 15) is 9.59 Å². The molecule has 1 amide bonds. The van der Waals surface area contributed by atoms with Crippen LogP contribution in [0.25, 0.3) is 0 Å². The van der Waals surface area contributed by atoms with Crippen LogP contribution < -0.4 is 10.2 Å². The van der Waals surface area contributed by atoms with Gasteiger partial charge in [0.1, 0.15) is 0 Å². The molecule has 1 unspecified atom stereocenters. The molecule has 1 atom stereocenters. The van der Waals surface area contributed by atoms with E-state index >= 15 is 0 Å². The number of piperidine rings is 1. The fourth-order valence-electron chi connectivity index (χ4n) is 4.21. The summed E-state index contributed by atoms with van der Waals surface area (Å²) in [5.74, 6) is 0.175. The first-order valence-corrected chi connectivity index (χ1v) is 11.1. The molecule has 1 spiro atoms. The van der Waals surface area contributed by atoms with Crippen LogP contribution in [0.1, 0.15) is 36.9 Å². The predicted molar refractivity (Wildman–Crippen MR) is 113 cm³/mol. The lowest BCUT2D eigenvalue weighted by molar-refractivity contribution is -0.133. The summed E-state index contributed by atoms with van der Waals surface area (Å²) < 4.78 is 1.72. The van der Waals surface area contributed by atoms with E-state index in [2.05, 4.69) is 27.0 Å². The molecule has 1 saturated heterocycles. The van der Waals surface area contributed by atoms with E-state index in [0.717, 1.165) is 38.0 Å². The van der Waals surface area contributed by atoms with Crippen LogP contribution in [0, 0.1) is 12.3 Å². The first kappa shape index (κ1) is 20.6. The number of nitrogens with one attached hydrogen (secondary N) is 1. The van der Waals surface area contributed by atoms with Gasteiger partial charge in [-0.25, -0.2) is 0 Å². The second kappa shape index (κ2) is 8.47. The highest BCUT2D eigenvalue weighted by Crippen LogP contribution is 2.56. The second-order valence-corrected chi connectivity index (χ2v) is 9.13. The third kappa shape index (κ3) is 4.31. The van der Waals surface area contributed by atoms with Crippen molar-refractivity contribution < 1.29 is 4.79 Å². The second-order valence-electron chi connectivity index (χ2n) is 7.53. The van der Waals surface area contributed by atoms with Crippen LogP contribution >= 0.6 is 35.1 Å². The zero-order chi connectivity index (χ0) is 18.1. The summed E-state index contributed by atoms with van der Waals surface area (Å²) >= 11 is 2.88. The van der Waals surface area contributed by atoms with Crippen molar-refractivity contribution in [2.24, 2.45) is 5.41 Å². The summed E-state index contributed by atoms with van der Waals surface area (Å²) in [5.41, 5.74) is 2.48. The molecule has 2 aliphatic rings. The Hall–Kier alpha value is -1.15. The van der Waals surface area contributed by atoms with Gasteiger partial charge in [0, 0.05) is 36.6 Å². The van der Waals surface area contributed by atoms with Crippen molar-refractivity contribution in [2.45, 2.75) is 51.7 Å². The van der Waals surface area contributed by atoms with Gasteiger partial charge in [0.05, 0.1) is 0 Å². The molecule has 0 bridgehead atoms. The average molecular weight is 428 g/mol. The van der Waals surface area contributed by atoms with E-state index in [4.69, 9.17) is 0 Å². The summed E-state index contributed by atoms with van der Waals surface area (Å²) in [6.45, 7) is 5.21. The summed E-state index contributed by atoms with van der Waals surface area (Å²) in [5, 5.41) is 9.49. The molecule has 2 fully saturated rings. The van der Waals surface area contributed by atoms with E-state index < -0.39 is 0 Å². The molecule has 27 heavy (non-hydrogen) atoms. The molecule has 1 aliphatic carbocycles. The summed E-state index contributed by atoms with van der Waals surface area (Å²) in [4.78, 5) is 27.1. The maximum Gasteiger partial charge on any atom is 0.307 e. The molecule has 5 nitrogen and oxygen atoms in total. The first-order valence-electron chi connectivity index (χ1n) is 9.25. The van der Waals surface area contributed by atoms with Crippen LogP contribution in [0.15, 0.2) is 27.0 Å². The molecule has 0 radical (unpaired) electrons. The SMILES string of the molecule is Cc1csc(=O)n1CCC(=O)N(Cc1ccsc1)C1CC12CCNCC2.Cl. The lowest BCUT2D eigenvalue weighted by Crippen LogP contribution is -2.39. The standard InChI is InChI=1S/C19H25N3O2S2.ClH/c1-14-12-26-18(24)21(14)8-2-17(23)22(11-15-3-9-25-13-15)16-10-19(16)4-6-20-7-5-19;/h3,9,12-13,16,20H,2,4-8,10-11H2,1H3;1H. The third-order valence-corrected chi connectivity index (χ3v) is 7.51. The Labute approximate surface area is 173 Å². The van der Waals surface area contributed by atoms with E-state index in [1.165, 1.54) is 16.9 Å². The largest absolute Gasteiger partial charge is 0.335 e. The third-order valence-electron chi connectivity index (χ3n) is 5.90. The molecular weight excluding hydrogens is 402 g/mol. The minimum atomic E-state index is 0. The lowest BCUT2D eigenvalue weighted by atomic mass is 9.93. The number of aromatic nitrogens is 1. The maximum atomic E-state index is 13.1. The molecule has 4 rings (SSSR count). The van der Waals surface area contributed by atoms with E-state index in [1.54, 1.807) is 15.9 Å². The number of carbonyl (C=O) groups excluding carboxylic acids is 1. The molecule has 148 valence electrons. The Bertz CT molecular complexity index is 824. The Balaban J connectivity index is 0.00000210. The molecule has 2 aromatic heterocycles. The van der Waals surface area contributed by atoms with Crippen LogP contribution in [0.5, 0.6) is 0 Å². The van der Waals surface area contributed by atoms with Gasteiger partial charge in [0.2, 0.25) is 5.91 Å². The van der Waals surface area contributed by atoms with E-state index in [-0.39, 0.29) is 23.2 Å². The number of hydrogen-bond acceptors (Lipinski definition) is 5. The van der Waals surface area contributed by atoms with Gasteiger partial charge < -0.3 is 14.8 Å².